The van der Waals surface area contributed by atoms with Crippen molar-refractivity contribution >= 4 is 22.4 Å². The lowest BCUT2D eigenvalue weighted by Crippen LogP contribution is -2.44. The molecule has 0 spiro atoms. The second kappa shape index (κ2) is 7.20. The summed E-state index contributed by atoms with van der Waals surface area (Å²) in [6.45, 7) is 0. The lowest BCUT2D eigenvalue weighted by atomic mass is 9.78. The van der Waals surface area contributed by atoms with Gasteiger partial charge in [0.2, 0.25) is 5.91 Å². The Morgan fingerprint density at radius 3 is 2.72 bits per heavy atom. The zero-order valence-electron chi connectivity index (χ0n) is 13.5. The maximum atomic E-state index is 13.2. The Hall–Kier alpha value is -1.82. The van der Waals surface area contributed by atoms with E-state index in [2.05, 4.69) is 15.6 Å². The van der Waals surface area contributed by atoms with Gasteiger partial charge in [-0.25, -0.2) is 4.98 Å². The first-order chi connectivity index (χ1) is 11.9. The number of hydrogen-bond acceptors (Lipinski definition) is 5. The van der Waals surface area contributed by atoms with E-state index in [0.717, 1.165) is 17.8 Å². The predicted molar refractivity (Wildman–Crippen MR) is 86.8 cm³/mol. The average Bonchev–Trinajstić information content (AvgIpc) is 2.98. The standard InChI is InChI=1S/C16H19F3N4OS/c17-16(18,19)12-4-2-1-3-11(12)13-7-21-15(25-13)23-14(24)9-5-10(6-9)22-8-20/h7,9-12,22H,1-6H2,(H,21,23,24)/t9?,10?,11-,12-/m1/s1. The molecule has 0 radical (unpaired) electrons. The van der Waals surface area contributed by atoms with Crippen molar-refractivity contribution in [3.63, 3.8) is 0 Å². The first-order valence-electron chi connectivity index (χ1n) is 8.36. The van der Waals surface area contributed by atoms with E-state index in [1.807, 2.05) is 6.19 Å². The normalized spacial score (nSPS) is 29.4. The molecule has 136 valence electrons. The van der Waals surface area contributed by atoms with Gasteiger partial charge in [0.15, 0.2) is 11.3 Å². The summed E-state index contributed by atoms with van der Waals surface area (Å²) in [6.07, 6.45) is 2.32. The number of aromatic nitrogens is 1. The Morgan fingerprint density at radius 2 is 2.04 bits per heavy atom. The minimum Gasteiger partial charge on any atom is -0.321 e. The van der Waals surface area contributed by atoms with Crippen LogP contribution in [0.2, 0.25) is 0 Å². The zero-order chi connectivity index (χ0) is 18.0. The number of thiazole rings is 1. The molecule has 0 aliphatic heterocycles. The molecule has 0 bridgehead atoms. The highest BCUT2D eigenvalue weighted by molar-refractivity contribution is 7.15. The number of nitriles is 1. The molecular weight excluding hydrogens is 353 g/mol. The molecule has 2 atom stereocenters. The van der Waals surface area contributed by atoms with E-state index in [9.17, 15) is 18.0 Å². The summed E-state index contributed by atoms with van der Waals surface area (Å²) in [7, 11) is 0. The van der Waals surface area contributed by atoms with Gasteiger partial charge in [-0.1, -0.05) is 12.8 Å². The summed E-state index contributed by atoms with van der Waals surface area (Å²) >= 11 is 1.14. The Labute approximate surface area is 147 Å². The number of carbonyl (C=O) groups is 1. The summed E-state index contributed by atoms with van der Waals surface area (Å²) < 4.78 is 39.7. The van der Waals surface area contributed by atoms with Crippen LogP contribution in [0.5, 0.6) is 0 Å². The summed E-state index contributed by atoms with van der Waals surface area (Å²) in [6, 6.07) is 0.0300. The third kappa shape index (κ3) is 4.06. The van der Waals surface area contributed by atoms with Gasteiger partial charge in [-0.3, -0.25) is 4.79 Å². The van der Waals surface area contributed by atoms with Crippen molar-refractivity contribution in [2.45, 2.75) is 56.7 Å². The molecule has 9 heteroatoms. The van der Waals surface area contributed by atoms with Crippen molar-refractivity contribution in [2.75, 3.05) is 5.32 Å². The van der Waals surface area contributed by atoms with E-state index in [0.29, 0.717) is 35.7 Å². The molecule has 2 aliphatic carbocycles. The topological polar surface area (TPSA) is 77.8 Å². The maximum Gasteiger partial charge on any atom is 0.392 e. The van der Waals surface area contributed by atoms with Crippen LogP contribution < -0.4 is 10.6 Å². The Kier molecular flexibility index (Phi) is 5.18. The summed E-state index contributed by atoms with van der Waals surface area (Å²) in [5.74, 6) is -2.26. The second-order valence-corrected chi connectivity index (χ2v) is 7.78. The molecule has 3 rings (SSSR count). The highest BCUT2D eigenvalue weighted by Crippen LogP contribution is 2.48. The van der Waals surface area contributed by atoms with Crippen LogP contribution in [-0.2, 0) is 4.79 Å². The van der Waals surface area contributed by atoms with Crippen LogP contribution in [0.3, 0.4) is 0 Å². The third-order valence-electron chi connectivity index (χ3n) is 5.08. The largest absolute Gasteiger partial charge is 0.392 e. The first-order valence-corrected chi connectivity index (χ1v) is 9.18. The highest BCUT2D eigenvalue weighted by Gasteiger charge is 2.46. The molecule has 5 nitrogen and oxygen atoms in total. The molecule has 1 heterocycles. The first kappa shape index (κ1) is 18.0. The van der Waals surface area contributed by atoms with E-state index < -0.39 is 18.0 Å². The van der Waals surface area contributed by atoms with Crippen LogP contribution in [0, 0.1) is 23.3 Å². The molecule has 1 aromatic heterocycles. The molecule has 1 amide bonds. The minimum atomic E-state index is -4.20. The van der Waals surface area contributed by atoms with Crippen molar-refractivity contribution in [1.29, 1.82) is 5.26 Å². The summed E-state index contributed by atoms with van der Waals surface area (Å²) in [4.78, 5) is 16.8. The number of nitrogens with one attached hydrogen (secondary N) is 2. The van der Waals surface area contributed by atoms with Gasteiger partial charge in [-0.2, -0.15) is 18.4 Å². The number of amides is 1. The van der Waals surface area contributed by atoms with E-state index in [4.69, 9.17) is 5.26 Å². The molecule has 2 aliphatic rings. The van der Waals surface area contributed by atoms with Gasteiger partial charge in [0.25, 0.3) is 0 Å². The third-order valence-corrected chi connectivity index (χ3v) is 6.13. The number of rotatable bonds is 4. The van der Waals surface area contributed by atoms with E-state index in [1.54, 1.807) is 0 Å². The number of anilines is 1. The van der Waals surface area contributed by atoms with E-state index in [1.165, 1.54) is 6.20 Å². The maximum absolute atomic E-state index is 13.2. The van der Waals surface area contributed by atoms with Crippen molar-refractivity contribution in [1.82, 2.24) is 10.3 Å². The summed E-state index contributed by atoms with van der Waals surface area (Å²) in [5.41, 5.74) is 0. The van der Waals surface area contributed by atoms with Crippen LogP contribution >= 0.6 is 11.3 Å². The monoisotopic (exact) mass is 372 g/mol. The van der Waals surface area contributed by atoms with Gasteiger partial charge in [0, 0.05) is 29.0 Å². The SMILES string of the molecule is N#CNC1CC(C(=O)Nc2ncc([C@@H]3CCCC[C@H]3C(F)(F)F)s2)C1. The van der Waals surface area contributed by atoms with Crippen LogP contribution in [0.15, 0.2) is 6.20 Å². The van der Waals surface area contributed by atoms with Gasteiger partial charge in [-0.15, -0.1) is 11.3 Å². The van der Waals surface area contributed by atoms with E-state index >= 15 is 0 Å². The van der Waals surface area contributed by atoms with Crippen LogP contribution in [0.1, 0.15) is 49.3 Å². The molecule has 2 N–H and O–H groups in total. The number of carbonyl (C=O) groups excluding carboxylic acids is 1. The summed E-state index contributed by atoms with van der Waals surface area (Å²) in [5, 5.41) is 14.2. The van der Waals surface area contributed by atoms with Crippen molar-refractivity contribution in [3.8, 4) is 6.19 Å². The number of nitrogens with zero attached hydrogens (tertiary/aromatic N) is 2. The van der Waals surface area contributed by atoms with Crippen molar-refractivity contribution < 1.29 is 18.0 Å². The molecule has 2 saturated carbocycles. The number of hydrogen-bond donors (Lipinski definition) is 2. The molecule has 0 unspecified atom stereocenters. The van der Waals surface area contributed by atoms with Gasteiger partial charge in [-0.05, 0) is 25.7 Å². The molecule has 0 aromatic carbocycles. The smallest absolute Gasteiger partial charge is 0.321 e. The quantitative estimate of drug-likeness (QED) is 0.623. The fourth-order valence-electron chi connectivity index (χ4n) is 3.63. The van der Waals surface area contributed by atoms with Crippen LogP contribution in [0.4, 0.5) is 18.3 Å². The lowest BCUT2D eigenvalue weighted by molar-refractivity contribution is -0.187. The van der Waals surface area contributed by atoms with E-state index in [-0.39, 0.29) is 24.3 Å². The van der Waals surface area contributed by atoms with Gasteiger partial charge >= 0.3 is 6.18 Å². The van der Waals surface area contributed by atoms with Gasteiger partial charge < -0.3 is 10.6 Å². The van der Waals surface area contributed by atoms with Crippen molar-refractivity contribution in [2.24, 2.45) is 11.8 Å². The number of halogens is 3. The molecule has 0 saturated heterocycles. The van der Waals surface area contributed by atoms with Crippen LogP contribution in [0.25, 0.3) is 0 Å². The Bertz CT molecular complexity index is 663. The van der Waals surface area contributed by atoms with Crippen molar-refractivity contribution in [3.05, 3.63) is 11.1 Å². The highest BCUT2D eigenvalue weighted by atomic mass is 32.1. The minimum absolute atomic E-state index is 0.0300. The number of alkyl halides is 3. The lowest BCUT2D eigenvalue weighted by Gasteiger charge is -2.32. The Morgan fingerprint density at radius 1 is 1.32 bits per heavy atom. The van der Waals surface area contributed by atoms with Gasteiger partial charge in [0.1, 0.15) is 0 Å². The Balaban J connectivity index is 1.60. The second-order valence-electron chi connectivity index (χ2n) is 6.72. The zero-order valence-corrected chi connectivity index (χ0v) is 14.3. The van der Waals surface area contributed by atoms with Crippen LogP contribution in [-0.4, -0.2) is 23.1 Å². The average molecular weight is 372 g/mol. The van der Waals surface area contributed by atoms with Gasteiger partial charge in [0.05, 0.1) is 5.92 Å². The molecule has 25 heavy (non-hydrogen) atoms. The molecular formula is C16H19F3N4OS. The molecule has 1 aromatic rings. The fraction of sp³-hybridized carbons (Fsp3) is 0.688. The fourth-order valence-corrected chi connectivity index (χ4v) is 4.65. The molecule has 2 fully saturated rings. The predicted octanol–water partition coefficient (Wildman–Crippen LogP) is 3.77.